The standard InChI is InChI=1S/C16H31BrN2/c1-15(17)14-16-8-3-2-4-12-19(16)13-7-11-18-9-5-6-10-18/h15-16H,2-14H2,1H3. The van der Waals surface area contributed by atoms with Crippen LogP contribution >= 0.6 is 15.9 Å². The summed E-state index contributed by atoms with van der Waals surface area (Å²) < 4.78 is 0. The van der Waals surface area contributed by atoms with Crippen molar-refractivity contribution in [2.24, 2.45) is 0 Å². The van der Waals surface area contributed by atoms with Gasteiger partial charge in [-0.1, -0.05) is 35.7 Å². The van der Waals surface area contributed by atoms with Gasteiger partial charge in [-0.2, -0.15) is 0 Å². The maximum atomic E-state index is 3.75. The number of rotatable bonds is 6. The fourth-order valence-electron chi connectivity index (χ4n) is 3.68. The van der Waals surface area contributed by atoms with Crippen LogP contribution in [0.1, 0.15) is 58.3 Å². The van der Waals surface area contributed by atoms with Crippen LogP contribution < -0.4 is 0 Å². The summed E-state index contributed by atoms with van der Waals surface area (Å²) in [5.74, 6) is 0. The molecule has 2 atom stereocenters. The van der Waals surface area contributed by atoms with E-state index in [1.165, 1.54) is 84.1 Å². The van der Waals surface area contributed by atoms with Gasteiger partial charge in [0.25, 0.3) is 0 Å². The van der Waals surface area contributed by atoms with E-state index in [2.05, 4.69) is 32.7 Å². The maximum Gasteiger partial charge on any atom is 0.0132 e. The second kappa shape index (κ2) is 8.63. The van der Waals surface area contributed by atoms with E-state index in [0.717, 1.165) is 6.04 Å². The zero-order valence-electron chi connectivity index (χ0n) is 12.6. The van der Waals surface area contributed by atoms with Gasteiger partial charge in [0.1, 0.15) is 0 Å². The van der Waals surface area contributed by atoms with Crippen molar-refractivity contribution in [3.05, 3.63) is 0 Å². The summed E-state index contributed by atoms with van der Waals surface area (Å²) in [6.45, 7) is 8.98. The van der Waals surface area contributed by atoms with Crippen molar-refractivity contribution < 1.29 is 0 Å². The second-order valence-corrected chi connectivity index (χ2v) is 8.02. The molecular weight excluding hydrogens is 300 g/mol. The lowest BCUT2D eigenvalue weighted by atomic mass is 10.0. The highest BCUT2D eigenvalue weighted by Crippen LogP contribution is 2.23. The zero-order chi connectivity index (χ0) is 13.5. The normalized spacial score (nSPS) is 28.4. The van der Waals surface area contributed by atoms with Crippen molar-refractivity contribution in [2.75, 3.05) is 32.7 Å². The first-order valence-corrected chi connectivity index (χ1v) is 9.28. The molecule has 0 aromatic carbocycles. The van der Waals surface area contributed by atoms with Gasteiger partial charge in [-0.25, -0.2) is 0 Å². The van der Waals surface area contributed by atoms with Crippen molar-refractivity contribution in [3.63, 3.8) is 0 Å². The van der Waals surface area contributed by atoms with Gasteiger partial charge >= 0.3 is 0 Å². The van der Waals surface area contributed by atoms with Gasteiger partial charge in [-0.15, -0.1) is 0 Å². The van der Waals surface area contributed by atoms with E-state index in [-0.39, 0.29) is 0 Å². The van der Waals surface area contributed by atoms with Crippen molar-refractivity contribution in [2.45, 2.75) is 69.2 Å². The van der Waals surface area contributed by atoms with Crippen molar-refractivity contribution >= 4 is 15.9 Å². The highest BCUT2D eigenvalue weighted by atomic mass is 79.9. The van der Waals surface area contributed by atoms with E-state index < -0.39 is 0 Å². The van der Waals surface area contributed by atoms with Gasteiger partial charge in [0.2, 0.25) is 0 Å². The van der Waals surface area contributed by atoms with E-state index in [4.69, 9.17) is 0 Å². The highest BCUT2D eigenvalue weighted by Gasteiger charge is 2.22. The fourth-order valence-corrected chi connectivity index (χ4v) is 4.11. The van der Waals surface area contributed by atoms with Crippen molar-refractivity contribution in [1.82, 2.24) is 9.80 Å². The molecule has 112 valence electrons. The largest absolute Gasteiger partial charge is 0.303 e. The summed E-state index contributed by atoms with van der Waals surface area (Å²) in [6.07, 6.45) is 11.2. The molecule has 2 unspecified atom stereocenters. The third kappa shape index (κ3) is 5.73. The number of nitrogens with zero attached hydrogens (tertiary/aromatic N) is 2. The molecule has 0 radical (unpaired) electrons. The first-order valence-electron chi connectivity index (χ1n) is 8.36. The van der Waals surface area contributed by atoms with Gasteiger partial charge in [0, 0.05) is 10.9 Å². The predicted molar refractivity (Wildman–Crippen MR) is 87.1 cm³/mol. The van der Waals surface area contributed by atoms with E-state index in [9.17, 15) is 0 Å². The minimum atomic E-state index is 0.664. The molecule has 2 fully saturated rings. The summed E-state index contributed by atoms with van der Waals surface area (Å²) in [7, 11) is 0. The zero-order valence-corrected chi connectivity index (χ0v) is 14.2. The Morgan fingerprint density at radius 3 is 2.47 bits per heavy atom. The molecule has 0 amide bonds. The average Bonchev–Trinajstić information content (AvgIpc) is 2.79. The van der Waals surface area contributed by atoms with E-state index >= 15 is 0 Å². The first-order chi connectivity index (χ1) is 9.25. The van der Waals surface area contributed by atoms with Gasteiger partial charge in [0.05, 0.1) is 0 Å². The lowest BCUT2D eigenvalue weighted by molar-refractivity contribution is 0.179. The van der Waals surface area contributed by atoms with Crippen LogP contribution in [0.3, 0.4) is 0 Å². The maximum absolute atomic E-state index is 3.75. The number of likely N-dealkylation sites (tertiary alicyclic amines) is 2. The molecule has 3 heteroatoms. The lowest BCUT2D eigenvalue weighted by Gasteiger charge is -2.31. The Balaban J connectivity index is 1.73. The molecule has 2 aliphatic heterocycles. The molecule has 0 aromatic heterocycles. The molecule has 0 spiro atoms. The molecular formula is C16H31BrN2. The van der Waals surface area contributed by atoms with Crippen molar-refractivity contribution in [1.29, 1.82) is 0 Å². The molecule has 0 saturated carbocycles. The molecule has 19 heavy (non-hydrogen) atoms. The van der Waals surface area contributed by atoms with Gasteiger partial charge in [0.15, 0.2) is 0 Å². The van der Waals surface area contributed by atoms with Crippen LogP contribution in [-0.4, -0.2) is 53.4 Å². The number of alkyl halides is 1. The predicted octanol–water partition coefficient (Wildman–Crippen LogP) is 3.89. The van der Waals surface area contributed by atoms with Gasteiger partial charge in [-0.3, -0.25) is 0 Å². The Morgan fingerprint density at radius 2 is 1.74 bits per heavy atom. The van der Waals surface area contributed by atoms with Crippen molar-refractivity contribution in [3.8, 4) is 0 Å². The van der Waals surface area contributed by atoms with E-state index in [0.29, 0.717) is 4.83 Å². The second-order valence-electron chi connectivity index (χ2n) is 6.46. The average molecular weight is 331 g/mol. The Morgan fingerprint density at radius 1 is 1.00 bits per heavy atom. The first kappa shape index (κ1) is 15.8. The third-order valence-corrected chi connectivity index (χ3v) is 5.09. The van der Waals surface area contributed by atoms with Crippen LogP contribution in [0.4, 0.5) is 0 Å². The van der Waals surface area contributed by atoms with E-state index in [1.54, 1.807) is 0 Å². The number of halogens is 1. The quantitative estimate of drug-likeness (QED) is 0.681. The topological polar surface area (TPSA) is 6.48 Å². The Labute approximate surface area is 128 Å². The lowest BCUT2D eigenvalue weighted by Crippen LogP contribution is -2.38. The fraction of sp³-hybridized carbons (Fsp3) is 1.00. The molecule has 2 saturated heterocycles. The summed E-state index contributed by atoms with van der Waals surface area (Å²) in [5.41, 5.74) is 0. The van der Waals surface area contributed by atoms with Crippen LogP contribution in [0, 0.1) is 0 Å². The van der Waals surface area contributed by atoms with Crippen LogP contribution in [0.5, 0.6) is 0 Å². The summed E-state index contributed by atoms with van der Waals surface area (Å²) >= 11 is 3.75. The molecule has 0 bridgehead atoms. The molecule has 2 nitrogen and oxygen atoms in total. The highest BCUT2D eigenvalue weighted by molar-refractivity contribution is 9.09. The molecule has 2 aliphatic rings. The minimum absolute atomic E-state index is 0.664. The molecule has 0 N–H and O–H groups in total. The molecule has 0 aliphatic carbocycles. The summed E-state index contributed by atoms with van der Waals surface area (Å²) in [5, 5.41) is 0. The Kier molecular flexibility index (Phi) is 7.17. The monoisotopic (exact) mass is 330 g/mol. The summed E-state index contributed by atoms with van der Waals surface area (Å²) in [4.78, 5) is 6.11. The number of hydrogen-bond donors (Lipinski definition) is 0. The van der Waals surface area contributed by atoms with Crippen LogP contribution in [0.25, 0.3) is 0 Å². The Bertz CT molecular complexity index is 239. The molecule has 2 heterocycles. The molecule has 0 aromatic rings. The third-order valence-electron chi connectivity index (χ3n) is 4.71. The van der Waals surface area contributed by atoms with E-state index in [1.807, 2.05) is 0 Å². The van der Waals surface area contributed by atoms with Crippen LogP contribution in [-0.2, 0) is 0 Å². The van der Waals surface area contributed by atoms with Gasteiger partial charge < -0.3 is 9.80 Å². The smallest absolute Gasteiger partial charge is 0.0132 e. The van der Waals surface area contributed by atoms with Crippen LogP contribution in [0.2, 0.25) is 0 Å². The molecule has 2 rings (SSSR count). The number of hydrogen-bond acceptors (Lipinski definition) is 2. The van der Waals surface area contributed by atoms with Gasteiger partial charge in [-0.05, 0) is 71.2 Å². The minimum Gasteiger partial charge on any atom is -0.303 e. The summed E-state index contributed by atoms with van der Waals surface area (Å²) in [6, 6.07) is 0.829. The van der Waals surface area contributed by atoms with Crippen LogP contribution in [0.15, 0.2) is 0 Å². The Hall–Kier alpha value is 0.400. The SMILES string of the molecule is CC(Br)CC1CCCCCN1CCCN1CCCC1.